The molecule has 5 heteroatoms. The van der Waals surface area contributed by atoms with Crippen LogP contribution in [0.4, 0.5) is 0 Å². The second-order valence-corrected chi connectivity index (χ2v) is 7.40. The molecule has 0 spiro atoms. The van der Waals surface area contributed by atoms with Crippen molar-refractivity contribution in [1.82, 2.24) is 9.88 Å². The number of rotatable bonds is 4. The van der Waals surface area contributed by atoms with Gasteiger partial charge >= 0.3 is 0 Å². The zero-order valence-corrected chi connectivity index (χ0v) is 14.4. The molecule has 0 aliphatic carbocycles. The predicted molar refractivity (Wildman–Crippen MR) is 90.4 cm³/mol. The van der Waals surface area contributed by atoms with Gasteiger partial charge in [0.1, 0.15) is 0 Å². The molecule has 1 atom stereocenters. The van der Waals surface area contributed by atoms with Crippen molar-refractivity contribution in [2.24, 2.45) is 0 Å². The third-order valence-corrected chi connectivity index (χ3v) is 5.29. The first kappa shape index (κ1) is 15.9. The van der Waals surface area contributed by atoms with Gasteiger partial charge < -0.3 is 0 Å². The molecule has 23 heavy (non-hydrogen) atoms. The first-order chi connectivity index (χ1) is 10.9. The van der Waals surface area contributed by atoms with Crippen LogP contribution in [0.1, 0.15) is 35.2 Å². The van der Waals surface area contributed by atoms with E-state index in [1.165, 1.54) is 4.90 Å². The molecular formula is C18H20N2O2S. The van der Waals surface area contributed by atoms with Crippen LogP contribution in [0.25, 0.3) is 0 Å². The van der Waals surface area contributed by atoms with Crippen molar-refractivity contribution in [2.75, 3.05) is 6.54 Å². The monoisotopic (exact) mass is 328 g/mol. The van der Waals surface area contributed by atoms with E-state index in [1.54, 1.807) is 11.3 Å². The third kappa shape index (κ3) is 2.93. The molecule has 3 rings (SSSR count). The number of carbonyl (C=O) groups excluding carboxylic acids is 2. The van der Waals surface area contributed by atoms with Crippen LogP contribution >= 0.6 is 11.3 Å². The zero-order valence-electron chi connectivity index (χ0n) is 13.6. The van der Waals surface area contributed by atoms with E-state index in [4.69, 9.17) is 0 Å². The molecule has 0 N–H and O–H groups in total. The van der Waals surface area contributed by atoms with Gasteiger partial charge in [0, 0.05) is 24.8 Å². The number of hydrogen-bond donors (Lipinski definition) is 0. The highest BCUT2D eigenvalue weighted by molar-refractivity contribution is 7.09. The molecule has 1 aliphatic heterocycles. The fourth-order valence-electron chi connectivity index (χ4n) is 3.01. The highest BCUT2D eigenvalue weighted by Gasteiger charge is 2.48. The topological polar surface area (TPSA) is 50.3 Å². The van der Waals surface area contributed by atoms with E-state index in [0.29, 0.717) is 13.0 Å². The van der Waals surface area contributed by atoms with E-state index >= 15 is 0 Å². The van der Waals surface area contributed by atoms with Crippen LogP contribution in [0.3, 0.4) is 0 Å². The summed E-state index contributed by atoms with van der Waals surface area (Å²) in [6.07, 6.45) is 0.858. The average molecular weight is 328 g/mol. The van der Waals surface area contributed by atoms with Crippen LogP contribution in [0.5, 0.6) is 0 Å². The second kappa shape index (κ2) is 5.89. The van der Waals surface area contributed by atoms with Crippen LogP contribution in [-0.4, -0.2) is 28.2 Å². The van der Waals surface area contributed by atoms with Gasteiger partial charge in [0.15, 0.2) is 0 Å². The van der Waals surface area contributed by atoms with Crippen LogP contribution in [0, 0.1) is 13.8 Å². The minimum absolute atomic E-state index is 0.0926. The first-order valence-corrected chi connectivity index (χ1v) is 8.61. The first-order valence-electron chi connectivity index (χ1n) is 7.73. The summed E-state index contributed by atoms with van der Waals surface area (Å²) in [5.74, 6) is -0.191. The Kier molecular flexibility index (Phi) is 4.06. The van der Waals surface area contributed by atoms with E-state index < -0.39 is 5.41 Å². The standard InChI is InChI=1S/C18H20N2O2S/c1-12-4-6-14(7-5-12)18(3)10-16(21)20(17(18)22)9-8-15-11-23-13(2)19-15/h4-7,11H,8-10H2,1-3H3/t18-/m0/s1. The van der Waals surface area contributed by atoms with Crippen LogP contribution in [0.15, 0.2) is 29.6 Å². The maximum atomic E-state index is 12.8. The lowest BCUT2D eigenvalue weighted by molar-refractivity contribution is -0.139. The van der Waals surface area contributed by atoms with E-state index in [1.807, 2.05) is 50.4 Å². The Morgan fingerprint density at radius 2 is 1.91 bits per heavy atom. The molecule has 0 radical (unpaired) electrons. The number of amides is 2. The second-order valence-electron chi connectivity index (χ2n) is 6.33. The number of nitrogens with zero attached hydrogens (tertiary/aromatic N) is 2. The molecule has 120 valence electrons. The van der Waals surface area contributed by atoms with Crippen molar-refractivity contribution in [3.63, 3.8) is 0 Å². The maximum absolute atomic E-state index is 12.8. The Hall–Kier alpha value is -2.01. The summed E-state index contributed by atoms with van der Waals surface area (Å²) in [4.78, 5) is 31.0. The lowest BCUT2D eigenvalue weighted by Gasteiger charge is -2.22. The predicted octanol–water partition coefficient (Wildman–Crippen LogP) is 3.02. The van der Waals surface area contributed by atoms with Gasteiger partial charge in [-0.05, 0) is 26.3 Å². The van der Waals surface area contributed by atoms with Gasteiger partial charge in [0.05, 0.1) is 16.1 Å². The van der Waals surface area contributed by atoms with Crippen LogP contribution in [-0.2, 0) is 21.4 Å². The van der Waals surface area contributed by atoms with Gasteiger partial charge in [-0.15, -0.1) is 11.3 Å². The molecule has 1 saturated heterocycles. The van der Waals surface area contributed by atoms with E-state index in [0.717, 1.165) is 21.8 Å². The summed E-state index contributed by atoms with van der Waals surface area (Å²) in [5, 5.41) is 2.99. The highest BCUT2D eigenvalue weighted by Crippen LogP contribution is 2.36. The molecule has 2 heterocycles. The number of likely N-dealkylation sites (tertiary alicyclic amines) is 1. The molecule has 0 bridgehead atoms. The van der Waals surface area contributed by atoms with Gasteiger partial charge in [-0.2, -0.15) is 0 Å². The van der Waals surface area contributed by atoms with Crippen molar-refractivity contribution in [2.45, 2.75) is 39.0 Å². The molecule has 1 aliphatic rings. The average Bonchev–Trinajstić information content (AvgIpc) is 3.01. The Morgan fingerprint density at radius 3 is 2.52 bits per heavy atom. The van der Waals surface area contributed by atoms with Gasteiger partial charge in [0.25, 0.3) is 0 Å². The smallest absolute Gasteiger partial charge is 0.240 e. The quantitative estimate of drug-likeness (QED) is 0.811. The SMILES string of the molecule is Cc1ccc([C@]2(C)CC(=O)N(CCc3csc(C)n3)C2=O)cc1. The number of imide groups is 1. The van der Waals surface area contributed by atoms with Crippen molar-refractivity contribution in [3.8, 4) is 0 Å². The van der Waals surface area contributed by atoms with Gasteiger partial charge in [-0.3, -0.25) is 14.5 Å². The van der Waals surface area contributed by atoms with Gasteiger partial charge in [-0.1, -0.05) is 29.8 Å². The van der Waals surface area contributed by atoms with Crippen LogP contribution in [0.2, 0.25) is 0 Å². The minimum Gasteiger partial charge on any atom is -0.281 e. The van der Waals surface area contributed by atoms with Crippen molar-refractivity contribution >= 4 is 23.2 Å². The van der Waals surface area contributed by atoms with E-state index in [2.05, 4.69) is 4.98 Å². The normalized spacial score (nSPS) is 21.3. The molecule has 2 amide bonds. The third-order valence-electron chi connectivity index (χ3n) is 4.47. The minimum atomic E-state index is -0.747. The van der Waals surface area contributed by atoms with Gasteiger partial charge in [0.2, 0.25) is 11.8 Å². The molecule has 4 nitrogen and oxygen atoms in total. The van der Waals surface area contributed by atoms with E-state index in [-0.39, 0.29) is 18.2 Å². The Morgan fingerprint density at radius 1 is 1.22 bits per heavy atom. The molecule has 0 unspecified atom stereocenters. The highest BCUT2D eigenvalue weighted by atomic mass is 32.1. The largest absolute Gasteiger partial charge is 0.281 e. The number of hydrogen-bond acceptors (Lipinski definition) is 4. The number of aryl methyl sites for hydroxylation is 2. The summed E-state index contributed by atoms with van der Waals surface area (Å²) in [5.41, 5.74) is 2.25. The molecular weight excluding hydrogens is 308 g/mol. The Labute approximate surface area is 140 Å². The molecule has 1 aromatic carbocycles. The molecule has 1 fully saturated rings. The summed E-state index contributed by atoms with van der Waals surface area (Å²) in [7, 11) is 0. The number of aromatic nitrogens is 1. The summed E-state index contributed by atoms with van der Waals surface area (Å²) in [6.45, 7) is 6.23. The molecule has 1 aromatic heterocycles. The van der Waals surface area contributed by atoms with E-state index in [9.17, 15) is 9.59 Å². The van der Waals surface area contributed by atoms with Crippen molar-refractivity contribution in [1.29, 1.82) is 0 Å². The fourth-order valence-corrected chi connectivity index (χ4v) is 3.65. The lowest BCUT2D eigenvalue weighted by atomic mass is 9.81. The summed E-state index contributed by atoms with van der Waals surface area (Å²) < 4.78 is 0. The van der Waals surface area contributed by atoms with Crippen LogP contribution < -0.4 is 0 Å². The summed E-state index contributed by atoms with van der Waals surface area (Å²) in [6, 6.07) is 7.87. The number of thiazole rings is 1. The molecule has 0 saturated carbocycles. The van der Waals surface area contributed by atoms with Crippen molar-refractivity contribution in [3.05, 3.63) is 51.5 Å². The Bertz CT molecular complexity index is 751. The van der Waals surface area contributed by atoms with Gasteiger partial charge in [-0.25, -0.2) is 4.98 Å². The number of carbonyl (C=O) groups is 2. The Balaban J connectivity index is 1.77. The molecule has 2 aromatic rings. The summed E-state index contributed by atoms with van der Waals surface area (Å²) >= 11 is 1.59. The van der Waals surface area contributed by atoms with Crippen molar-refractivity contribution < 1.29 is 9.59 Å². The lowest BCUT2D eigenvalue weighted by Crippen LogP contribution is -2.37. The fraction of sp³-hybridized carbons (Fsp3) is 0.389. The maximum Gasteiger partial charge on any atom is 0.240 e. The number of benzene rings is 1. The zero-order chi connectivity index (χ0) is 16.6.